The Morgan fingerprint density at radius 3 is 2.50 bits per heavy atom. The third kappa shape index (κ3) is 3.38. The van der Waals surface area contributed by atoms with Crippen LogP contribution in [-0.4, -0.2) is 53.8 Å². The summed E-state index contributed by atoms with van der Waals surface area (Å²) >= 11 is 5.89. The Balaban J connectivity index is 2.09. The van der Waals surface area contributed by atoms with Gasteiger partial charge in [-0.15, -0.1) is 0 Å². The summed E-state index contributed by atoms with van der Waals surface area (Å²) in [5.41, 5.74) is 0.433. The molecule has 1 aliphatic heterocycles. The summed E-state index contributed by atoms with van der Waals surface area (Å²) in [5, 5.41) is 11.3. The molecule has 0 radical (unpaired) electrons. The summed E-state index contributed by atoms with van der Waals surface area (Å²) in [6, 6.07) is 9.04. The molecule has 7 heteroatoms. The lowest BCUT2D eigenvalue weighted by Gasteiger charge is -2.24. The van der Waals surface area contributed by atoms with E-state index in [1.165, 1.54) is 11.2 Å². The first-order chi connectivity index (χ1) is 12.4. The zero-order valence-corrected chi connectivity index (χ0v) is 15.2. The van der Waals surface area contributed by atoms with Crippen LogP contribution < -0.4 is 0 Å². The minimum atomic E-state index is -0.763. The Kier molecular flexibility index (Phi) is 5.15. The van der Waals surface area contributed by atoms with Crippen LogP contribution >= 0.6 is 11.6 Å². The smallest absolute Gasteiger partial charge is 0.295 e. The number of carbonyl (C=O) groups is 2. The van der Waals surface area contributed by atoms with Crippen LogP contribution in [0.25, 0.3) is 5.76 Å². The summed E-state index contributed by atoms with van der Waals surface area (Å²) in [7, 11) is 3.76. The molecule has 1 saturated heterocycles. The monoisotopic (exact) mass is 374 g/mol. The molecule has 1 aromatic carbocycles. The SMILES string of the molecule is CN(C)CCN1C(=O)C(=O)C(=C(O)c2ccc(Cl)cc2)[C@@H]1c1ccco1. The number of halogens is 1. The maximum atomic E-state index is 12.7. The number of likely N-dealkylation sites (tertiary alicyclic amines) is 1. The van der Waals surface area contributed by atoms with Crippen molar-refractivity contribution in [2.75, 3.05) is 27.2 Å². The van der Waals surface area contributed by atoms with Gasteiger partial charge in [-0.25, -0.2) is 0 Å². The van der Waals surface area contributed by atoms with Crippen LogP contribution in [-0.2, 0) is 9.59 Å². The summed E-state index contributed by atoms with van der Waals surface area (Å²) in [6.07, 6.45) is 1.48. The maximum absolute atomic E-state index is 12.7. The second-order valence-electron chi connectivity index (χ2n) is 6.32. The number of likely N-dealkylation sites (N-methyl/N-ethyl adjacent to an activating group) is 1. The maximum Gasteiger partial charge on any atom is 0.295 e. The molecule has 3 rings (SSSR count). The number of hydrogen-bond donors (Lipinski definition) is 1. The van der Waals surface area contributed by atoms with Gasteiger partial charge >= 0.3 is 0 Å². The number of ketones is 1. The van der Waals surface area contributed by atoms with E-state index >= 15 is 0 Å². The van der Waals surface area contributed by atoms with E-state index in [1.807, 2.05) is 19.0 Å². The highest BCUT2D eigenvalue weighted by Crippen LogP contribution is 2.39. The van der Waals surface area contributed by atoms with Crippen molar-refractivity contribution in [1.82, 2.24) is 9.80 Å². The van der Waals surface area contributed by atoms with Gasteiger partial charge in [0, 0.05) is 23.7 Å². The van der Waals surface area contributed by atoms with E-state index in [0.717, 1.165) is 0 Å². The minimum Gasteiger partial charge on any atom is -0.507 e. The fourth-order valence-electron chi connectivity index (χ4n) is 2.92. The van der Waals surface area contributed by atoms with Gasteiger partial charge in [-0.3, -0.25) is 9.59 Å². The normalized spacial score (nSPS) is 19.5. The zero-order chi connectivity index (χ0) is 18.8. The number of amides is 1. The Hall–Kier alpha value is -2.57. The van der Waals surface area contributed by atoms with E-state index in [4.69, 9.17) is 16.0 Å². The first-order valence-electron chi connectivity index (χ1n) is 8.12. The number of nitrogens with zero attached hydrogens (tertiary/aromatic N) is 2. The van der Waals surface area contributed by atoms with E-state index in [9.17, 15) is 14.7 Å². The molecule has 6 nitrogen and oxygen atoms in total. The van der Waals surface area contributed by atoms with Crippen LogP contribution in [0.3, 0.4) is 0 Å². The van der Waals surface area contributed by atoms with Gasteiger partial charge in [0.1, 0.15) is 17.6 Å². The molecule has 26 heavy (non-hydrogen) atoms. The van der Waals surface area contributed by atoms with Crippen LogP contribution in [0.15, 0.2) is 52.7 Å². The van der Waals surface area contributed by atoms with Crippen LogP contribution in [0, 0.1) is 0 Å². The van der Waals surface area contributed by atoms with Gasteiger partial charge in [0.25, 0.3) is 11.7 Å². The second kappa shape index (κ2) is 7.35. The van der Waals surface area contributed by atoms with Gasteiger partial charge in [-0.05, 0) is 50.5 Å². The summed E-state index contributed by atoms with van der Waals surface area (Å²) in [4.78, 5) is 28.6. The summed E-state index contributed by atoms with van der Waals surface area (Å²) < 4.78 is 5.46. The van der Waals surface area contributed by atoms with Crippen LogP contribution in [0.1, 0.15) is 17.4 Å². The summed E-state index contributed by atoms with van der Waals surface area (Å²) in [5.74, 6) is -1.19. The Labute approximate surface area is 156 Å². The quantitative estimate of drug-likeness (QED) is 0.495. The number of Topliss-reactive ketones (excluding diaryl/α,β-unsaturated/α-hetero) is 1. The molecule has 1 N–H and O–H groups in total. The highest BCUT2D eigenvalue weighted by molar-refractivity contribution is 6.46. The molecular formula is C19H19ClN2O4. The van der Waals surface area contributed by atoms with E-state index < -0.39 is 17.7 Å². The molecule has 136 valence electrons. The fourth-order valence-corrected chi connectivity index (χ4v) is 3.05. The highest BCUT2D eigenvalue weighted by Gasteiger charge is 2.47. The number of aliphatic hydroxyl groups excluding tert-OH is 1. The van der Waals surface area contributed by atoms with Gasteiger partial charge < -0.3 is 19.3 Å². The highest BCUT2D eigenvalue weighted by atomic mass is 35.5. The third-order valence-electron chi connectivity index (χ3n) is 4.26. The molecule has 1 aromatic heterocycles. The van der Waals surface area contributed by atoms with Crippen LogP contribution in [0.4, 0.5) is 0 Å². The van der Waals surface area contributed by atoms with Gasteiger partial charge in [0.05, 0.1) is 11.8 Å². The van der Waals surface area contributed by atoms with Crippen molar-refractivity contribution in [3.05, 3.63) is 64.6 Å². The average molecular weight is 375 g/mol. The van der Waals surface area contributed by atoms with Crippen molar-refractivity contribution in [3.8, 4) is 0 Å². The van der Waals surface area contributed by atoms with Gasteiger partial charge in [0.2, 0.25) is 0 Å². The zero-order valence-electron chi connectivity index (χ0n) is 14.5. The number of furan rings is 1. The molecule has 0 aliphatic carbocycles. The Bertz CT molecular complexity index is 841. The standard InChI is InChI=1S/C19H19ClN2O4/c1-21(2)9-10-22-16(14-4-3-11-26-14)15(18(24)19(22)25)17(23)12-5-7-13(20)8-6-12/h3-8,11,16,23H,9-10H2,1-2H3/t16-/m0/s1. The van der Waals surface area contributed by atoms with Crippen molar-refractivity contribution < 1.29 is 19.1 Å². The molecule has 0 spiro atoms. The molecule has 1 atom stereocenters. The average Bonchev–Trinajstić information content (AvgIpc) is 3.21. The lowest BCUT2D eigenvalue weighted by Crippen LogP contribution is -2.35. The fraction of sp³-hybridized carbons (Fsp3) is 0.263. The molecule has 0 unspecified atom stereocenters. The first-order valence-corrected chi connectivity index (χ1v) is 8.50. The molecule has 2 heterocycles. The lowest BCUT2D eigenvalue weighted by atomic mass is 9.99. The van der Waals surface area contributed by atoms with Gasteiger partial charge in [0.15, 0.2) is 0 Å². The molecule has 2 aromatic rings. The third-order valence-corrected chi connectivity index (χ3v) is 4.51. The van der Waals surface area contributed by atoms with E-state index in [0.29, 0.717) is 29.4 Å². The molecule has 1 aliphatic rings. The second-order valence-corrected chi connectivity index (χ2v) is 6.75. The number of benzene rings is 1. The van der Waals surface area contributed by atoms with Crippen molar-refractivity contribution in [3.63, 3.8) is 0 Å². The number of hydrogen-bond acceptors (Lipinski definition) is 5. The van der Waals surface area contributed by atoms with E-state index in [2.05, 4.69) is 0 Å². The molecule has 1 fully saturated rings. The number of aliphatic hydroxyl groups is 1. The van der Waals surface area contributed by atoms with Crippen LogP contribution in [0.2, 0.25) is 5.02 Å². The topological polar surface area (TPSA) is 74.0 Å². The van der Waals surface area contributed by atoms with Crippen molar-refractivity contribution in [2.45, 2.75) is 6.04 Å². The largest absolute Gasteiger partial charge is 0.507 e. The van der Waals surface area contributed by atoms with E-state index in [1.54, 1.807) is 36.4 Å². The molecule has 1 amide bonds. The predicted molar refractivity (Wildman–Crippen MR) is 97.7 cm³/mol. The lowest BCUT2D eigenvalue weighted by molar-refractivity contribution is -0.140. The first kappa shape index (κ1) is 18.2. The number of rotatable bonds is 5. The summed E-state index contributed by atoms with van der Waals surface area (Å²) in [6.45, 7) is 0.908. The molecule has 0 saturated carbocycles. The van der Waals surface area contributed by atoms with E-state index in [-0.39, 0.29) is 11.3 Å². The van der Waals surface area contributed by atoms with Crippen molar-refractivity contribution >= 4 is 29.1 Å². The Morgan fingerprint density at radius 2 is 1.92 bits per heavy atom. The van der Waals surface area contributed by atoms with Gasteiger partial charge in [-0.2, -0.15) is 0 Å². The minimum absolute atomic E-state index is 0.0195. The van der Waals surface area contributed by atoms with Gasteiger partial charge in [-0.1, -0.05) is 11.6 Å². The molecular weight excluding hydrogens is 356 g/mol. The van der Waals surface area contributed by atoms with Crippen molar-refractivity contribution in [2.24, 2.45) is 0 Å². The number of carbonyl (C=O) groups excluding carboxylic acids is 2. The predicted octanol–water partition coefficient (Wildman–Crippen LogP) is 2.92. The van der Waals surface area contributed by atoms with Crippen molar-refractivity contribution in [1.29, 1.82) is 0 Å². The Morgan fingerprint density at radius 1 is 1.23 bits per heavy atom. The molecule has 0 bridgehead atoms. The van der Waals surface area contributed by atoms with Crippen LogP contribution in [0.5, 0.6) is 0 Å².